The van der Waals surface area contributed by atoms with Gasteiger partial charge in [0.15, 0.2) is 0 Å². The molecule has 0 bridgehead atoms. The molecule has 0 radical (unpaired) electrons. The molecule has 0 aliphatic carbocycles. The average molecular weight is 629 g/mol. The van der Waals surface area contributed by atoms with Crippen molar-refractivity contribution in [2.75, 3.05) is 7.11 Å². The minimum atomic E-state index is -1.42. The van der Waals surface area contributed by atoms with Crippen LogP contribution in [0.15, 0.2) is 115 Å². The van der Waals surface area contributed by atoms with Gasteiger partial charge in [-0.2, -0.15) is 0 Å². The van der Waals surface area contributed by atoms with E-state index >= 15 is 0 Å². The molecule has 4 aromatic carbocycles. The molecule has 0 spiro atoms. The van der Waals surface area contributed by atoms with Gasteiger partial charge in [-0.1, -0.05) is 115 Å². The second-order valence-corrected chi connectivity index (χ2v) is 8.64. The minimum absolute atomic E-state index is 0.208. The number of Topliss-reactive ketones (excluding diaryl/α,β-unsaturated/α-hetero) is 4. The summed E-state index contributed by atoms with van der Waals surface area (Å²) in [6.07, 6.45) is 0. The second-order valence-electron chi connectivity index (χ2n) is 8.64. The van der Waals surface area contributed by atoms with Gasteiger partial charge in [0, 0.05) is 22.3 Å². The van der Waals surface area contributed by atoms with E-state index in [4.69, 9.17) is 15.3 Å². The Kier molecular flexibility index (Phi) is 16.0. The van der Waals surface area contributed by atoms with E-state index in [1.165, 1.54) is 37.4 Å². The molecule has 3 N–H and O–H groups in total. The van der Waals surface area contributed by atoms with Crippen LogP contribution in [0.5, 0.6) is 0 Å². The summed E-state index contributed by atoms with van der Waals surface area (Å²) in [5.41, 5.74) is 1.71. The Hall–Kier alpha value is -6.56. The Balaban J connectivity index is 0.000000307. The Morgan fingerprint density at radius 2 is 0.739 bits per heavy atom. The SMILES string of the molecule is COC(=O)C(=O)c1ccccc1.Cc1ccccc1C(=O)C(=O)O.O=C(O)C(=O)c1ccccc1.O=C(O)C(=O)c1ccccc1. The van der Waals surface area contributed by atoms with Crippen molar-refractivity contribution in [1.82, 2.24) is 0 Å². The molecule has 4 rings (SSSR count). The summed E-state index contributed by atoms with van der Waals surface area (Å²) in [6.45, 7) is 1.70. The van der Waals surface area contributed by atoms with E-state index in [0.717, 1.165) is 0 Å². The molecule has 236 valence electrons. The summed E-state index contributed by atoms with van der Waals surface area (Å²) in [5, 5.41) is 25.0. The number of aliphatic carboxylic acids is 3. The number of aryl methyl sites for hydroxylation is 1. The molecule has 0 atom stereocenters. The summed E-state index contributed by atoms with van der Waals surface area (Å²) in [4.78, 5) is 84.9. The standard InChI is InChI=1S/2C9H8O3.2C8H6O3/c1-12-9(11)8(10)7-5-3-2-4-6-7;1-6-4-2-3-5-7(6)8(10)9(11)12;2*9-7(8(10)11)6-4-2-1-3-5-6/h2-6H,1H3;2-5H,1H3,(H,11,12);2*1-5H,(H,10,11). The minimum Gasteiger partial charge on any atom is -0.475 e. The topological polar surface area (TPSA) is 206 Å². The predicted molar refractivity (Wildman–Crippen MR) is 163 cm³/mol. The number of carbonyl (C=O) groups is 8. The van der Waals surface area contributed by atoms with Crippen molar-refractivity contribution in [3.8, 4) is 0 Å². The lowest BCUT2D eigenvalue weighted by atomic mass is 10.1. The maximum atomic E-state index is 11.1. The molecule has 46 heavy (non-hydrogen) atoms. The van der Waals surface area contributed by atoms with Crippen LogP contribution >= 0.6 is 0 Å². The molecule has 12 heteroatoms. The highest BCUT2D eigenvalue weighted by Gasteiger charge is 2.16. The maximum Gasteiger partial charge on any atom is 0.379 e. The molecule has 0 heterocycles. The number of ether oxygens (including phenoxy) is 1. The molecule has 0 saturated heterocycles. The van der Waals surface area contributed by atoms with E-state index in [-0.39, 0.29) is 16.7 Å². The van der Waals surface area contributed by atoms with Crippen LogP contribution in [0.2, 0.25) is 0 Å². The zero-order valence-electron chi connectivity index (χ0n) is 24.5. The van der Waals surface area contributed by atoms with Crippen molar-refractivity contribution in [3.05, 3.63) is 143 Å². The van der Waals surface area contributed by atoms with E-state index in [1.807, 2.05) is 0 Å². The molecule has 0 unspecified atom stereocenters. The molecule has 0 saturated carbocycles. The van der Waals surface area contributed by atoms with Gasteiger partial charge in [-0.15, -0.1) is 0 Å². The van der Waals surface area contributed by atoms with Gasteiger partial charge in [-0.05, 0) is 12.5 Å². The van der Waals surface area contributed by atoms with Crippen LogP contribution in [-0.2, 0) is 23.9 Å². The van der Waals surface area contributed by atoms with Gasteiger partial charge in [-0.3, -0.25) is 19.2 Å². The number of carboxylic acid groups (broad SMARTS) is 3. The lowest BCUT2D eigenvalue weighted by Gasteiger charge is -1.98. The smallest absolute Gasteiger partial charge is 0.379 e. The lowest BCUT2D eigenvalue weighted by molar-refractivity contribution is -0.135. The highest BCUT2D eigenvalue weighted by atomic mass is 16.5. The van der Waals surface area contributed by atoms with Crippen LogP contribution < -0.4 is 0 Å². The number of hydrogen-bond acceptors (Lipinski definition) is 9. The van der Waals surface area contributed by atoms with Gasteiger partial charge in [0.05, 0.1) is 7.11 Å². The van der Waals surface area contributed by atoms with Gasteiger partial charge in [0.2, 0.25) is 0 Å². The Labute approximate surface area is 262 Å². The number of esters is 1. The number of methoxy groups -OCH3 is 1. The number of ketones is 4. The zero-order valence-corrected chi connectivity index (χ0v) is 24.5. The van der Waals surface area contributed by atoms with E-state index in [0.29, 0.717) is 11.1 Å². The van der Waals surface area contributed by atoms with Crippen molar-refractivity contribution in [3.63, 3.8) is 0 Å². The molecule has 0 aliphatic rings. The fraction of sp³-hybridized carbons (Fsp3) is 0.0588. The summed E-state index contributed by atoms with van der Waals surface area (Å²) in [5.74, 6) is -8.29. The first kappa shape index (κ1) is 37.5. The quantitative estimate of drug-likeness (QED) is 0.142. The first-order chi connectivity index (χ1) is 21.8. The van der Waals surface area contributed by atoms with Gasteiger partial charge < -0.3 is 20.1 Å². The fourth-order valence-corrected chi connectivity index (χ4v) is 3.17. The van der Waals surface area contributed by atoms with Crippen LogP contribution in [0.25, 0.3) is 0 Å². The third kappa shape index (κ3) is 12.8. The van der Waals surface area contributed by atoms with Crippen molar-refractivity contribution in [1.29, 1.82) is 0 Å². The monoisotopic (exact) mass is 628 g/mol. The molecule has 12 nitrogen and oxygen atoms in total. The summed E-state index contributed by atoms with van der Waals surface area (Å²) < 4.78 is 4.28. The Bertz CT molecular complexity index is 1620. The van der Waals surface area contributed by atoms with Gasteiger partial charge in [0.1, 0.15) is 0 Å². The lowest BCUT2D eigenvalue weighted by Crippen LogP contribution is -2.15. The molecular formula is C34H28O12. The van der Waals surface area contributed by atoms with Crippen molar-refractivity contribution >= 4 is 47.0 Å². The highest BCUT2D eigenvalue weighted by Crippen LogP contribution is 2.07. The third-order valence-corrected chi connectivity index (χ3v) is 5.45. The van der Waals surface area contributed by atoms with Gasteiger partial charge in [0.25, 0.3) is 23.1 Å². The maximum absolute atomic E-state index is 11.1. The number of carboxylic acids is 3. The number of rotatable bonds is 8. The van der Waals surface area contributed by atoms with Gasteiger partial charge in [-0.25, -0.2) is 19.2 Å². The van der Waals surface area contributed by atoms with Crippen molar-refractivity contribution in [2.24, 2.45) is 0 Å². The average Bonchev–Trinajstić information content (AvgIpc) is 3.08. The third-order valence-electron chi connectivity index (χ3n) is 5.45. The van der Waals surface area contributed by atoms with E-state index < -0.39 is 47.0 Å². The summed E-state index contributed by atoms with van der Waals surface area (Å²) in [7, 11) is 1.18. The van der Waals surface area contributed by atoms with E-state index in [1.54, 1.807) is 91.9 Å². The van der Waals surface area contributed by atoms with Crippen LogP contribution in [0.3, 0.4) is 0 Å². The fourth-order valence-electron chi connectivity index (χ4n) is 3.17. The van der Waals surface area contributed by atoms with Crippen LogP contribution in [0, 0.1) is 6.92 Å². The van der Waals surface area contributed by atoms with Crippen molar-refractivity contribution in [2.45, 2.75) is 6.92 Å². The Morgan fingerprint density at radius 1 is 0.435 bits per heavy atom. The molecule has 0 fully saturated rings. The predicted octanol–water partition coefficient (Wildman–Crippen LogP) is 4.21. The second kappa shape index (κ2) is 19.6. The van der Waals surface area contributed by atoms with Gasteiger partial charge >= 0.3 is 23.9 Å². The van der Waals surface area contributed by atoms with Crippen LogP contribution in [-0.4, -0.2) is 69.4 Å². The first-order valence-electron chi connectivity index (χ1n) is 13.0. The normalized spacial score (nSPS) is 9.17. The number of benzene rings is 4. The molecule has 0 aliphatic heterocycles. The van der Waals surface area contributed by atoms with Crippen LogP contribution in [0.1, 0.15) is 47.0 Å². The highest BCUT2D eigenvalue weighted by molar-refractivity contribution is 6.41. The summed E-state index contributed by atoms with van der Waals surface area (Å²) in [6, 6.07) is 30.7. The largest absolute Gasteiger partial charge is 0.475 e. The van der Waals surface area contributed by atoms with Crippen molar-refractivity contribution < 1.29 is 58.4 Å². The van der Waals surface area contributed by atoms with E-state index in [9.17, 15) is 38.4 Å². The first-order valence-corrected chi connectivity index (χ1v) is 13.0. The molecule has 0 amide bonds. The molecule has 4 aromatic rings. The Morgan fingerprint density at radius 3 is 1.04 bits per heavy atom. The zero-order chi connectivity index (χ0) is 34.6. The number of carbonyl (C=O) groups excluding carboxylic acids is 5. The van der Waals surface area contributed by atoms with Crippen LogP contribution in [0.4, 0.5) is 0 Å². The number of hydrogen-bond donors (Lipinski definition) is 3. The molecular weight excluding hydrogens is 600 g/mol. The molecule has 0 aromatic heterocycles. The van der Waals surface area contributed by atoms with E-state index in [2.05, 4.69) is 4.74 Å². The summed E-state index contributed by atoms with van der Waals surface area (Å²) >= 11 is 0.